The highest BCUT2D eigenvalue weighted by molar-refractivity contribution is 6.02. The second kappa shape index (κ2) is 4.55. The third-order valence-electron chi connectivity index (χ3n) is 4.37. The maximum Gasteiger partial charge on any atom is 0.234 e. The lowest BCUT2D eigenvalue weighted by atomic mass is 9.91. The van der Waals surface area contributed by atoms with Gasteiger partial charge in [0.25, 0.3) is 0 Å². The van der Waals surface area contributed by atoms with Crippen LogP contribution < -0.4 is 10.2 Å². The van der Waals surface area contributed by atoms with Gasteiger partial charge in [0.05, 0.1) is 16.8 Å². The smallest absolute Gasteiger partial charge is 0.234 e. The molecule has 0 atom stereocenters. The molecule has 0 radical (unpaired) electrons. The molecule has 1 N–H and O–H groups in total. The number of nitrogens with one attached hydrogen (secondary N) is 1. The number of carbonyl (C=O) groups excluding carboxylic acids is 1. The van der Waals surface area contributed by atoms with Crippen molar-refractivity contribution in [2.24, 2.45) is 5.41 Å². The Balaban J connectivity index is 2.07. The predicted octanol–water partition coefficient (Wildman–Crippen LogP) is 3.41. The molecule has 19 heavy (non-hydrogen) atoms. The maximum absolute atomic E-state index is 12.9. The van der Waals surface area contributed by atoms with Gasteiger partial charge < -0.3 is 10.2 Å². The van der Waals surface area contributed by atoms with E-state index >= 15 is 0 Å². The Morgan fingerprint density at radius 2 is 1.89 bits per heavy atom. The molecule has 0 bridgehead atoms. The van der Waals surface area contributed by atoms with Crippen LogP contribution in [-0.4, -0.2) is 18.5 Å². The fourth-order valence-electron chi connectivity index (χ4n) is 3.19. The van der Waals surface area contributed by atoms with E-state index in [2.05, 4.69) is 22.3 Å². The number of amides is 1. The van der Waals surface area contributed by atoms with Crippen LogP contribution in [0.1, 0.15) is 39.5 Å². The SMILES string of the molecule is CC1(C)CNc2ccccc2N(C2CCCC2)C1=O. The van der Waals surface area contributed by atoms with Gasteiger partial charge in [0.1, 0.15) is 0 Å². The minimum atomic E-state index is -0.346. The molecule has 3 rings (SSSR count). The Labute approximate surface area is 115 Å². The fourth-order valence-corrected chi connectivity index (χ4v) is 3.19. The topological polar surface area (TPSA) is 32.3 Å². The van der Waals surface area contributed by atoms with E-state index in [0.717, 1.165) is 24.2 Å². The molecule has 1 aliphatic heterocycles. The maximum atomic E-state index is 12.9. The third kappa shape index (κ3) is 2.11. The molecule has 102 valence electrons. The van der Waals surface area contributed by atoms with E-state index in [-0.39, 0.29) is 11.3 Å². The van der Waals surface area contributed by atoms with Crippen LogP contribution in [0.25, 0.3) is 0 Å². The average Bonchev–Trinajstić information content (AvgIpc) is 2.88. The van der Waals surface area contributed by atoms with E-state index in [1.807, 2.05) is 26.0 Å². The summed E-state index contributed by atoms with van der Waals surface area (Å²) in [6.07, 6.45) is 4.75. The molecule has 1 aromatic carbocycles. The first-order valence-corrected chi connectivity index (χ1v) is 7.26. The van der Waals surface area contributed by atoms with Crippen LogP contribution in [0.15, 0.2) is 24.3 Å². The molecule has 2 aliphatic rings. The number of benzene rings is 1. The van der Waals surface area contributed by atoms with Gasteiger partial charge in [-0.3, -0.25) is 4.79 Å². The molecule has 0 saturated heterocycles. The second-order valence-electron chi connectivity index (χ2n) is 6.37. The van der Waals surface area contributed by atoms with Crippen LogP contribution in [0.4, 0.5) is 11.4 Å². The quantitative estimate of drug-likeness (QED) is 0.837. The zero-order valence-corrected chi connectivity index (χ0v) is 11.8. The Bertz CT molecular complexity index is 489. The number of para-hydroxylation sites is 2. The van der Waals surface area contributed by atoms with Gasteiger partial charge >= 0.3 is 0 Å². The molecular weight excluding hydrogens is 236 g/mol. The van der Waals surface area contributed by atoms with E-state index < -0.39 is 0 Å². The number of anilines is 2. The molecule has 1 aromatic rings. The number of nitrogens with zero attached hydrogens (tertiary/aromatic N) is 1. The van der Waals surface area contributed by atoms with Crippen molar-refractivity contribution in [1.82, 2.24) is 0 Å². The highest BCUT2D eigenvalue weighted by atomic mass is 16.2. The molecule has 1 heterocycles. The molecule has 1 fully saturated rings. The van der Waals surface area contributed by atoms with Crippen LogP contribution in [0, 0.1) is 5.41 Å². The first kappa shape index (κ1) is 12.5. The Morgan fingerprint density at radius 3 is 2.63 bits per heavy atom. The van der Waals surface area contributed by atoms with E-state index in [1.54, 1.807) is 0 Å². The van der Waals surface area contributed by atoms with Crippen molar-refractivity contribution < 1.29 is 4.79 Å². The Hall–Kier alpha value is -1.51. The lowest BCUT2D eigenvalue weighted by Crippen LogP contribution is -2.46. The fraction of sp³-hybridized carbons (Fsp3) is 0.562. The van der Waals surface area contributed by atoms with E-state index in [4.69, 9.17) is 0 Å². The predicted molar refractivity (Wildman–Crippen MR) is 78.5 cm³/mol. The number of carbonyl (C=O) groups is 1. The Kier molecular flexibility index (Phi) is 3.00. The number of rotatable bonds is 1. The van der Waals surface area contributed by atoms with Crippen molar-refractivity contribution in [3.05, 3.63) is 24.3 Å². The summed E-state index contributed by atoms with van der Waals surface area (Å²) in [6, 6.07) is 8.58. The normalized spacial score (nSPS) is 22.8. The third-order valence-corrected chi connectivity index (χ3v) is 4.37. The standard InChI is InChI=1S/C16H22N2O/c1-16(2)11-17-13-9-5-6-10-14(13)18(15(16)19)12-7-3-4-8-12/h5-6,9-10,12,17H,3-4,7-8,11H2,1-2H3. The van der Waals surface area contributed by atoms with Crippen LogP contribution in [0.5, 0.6) is 0 Å². The van der Waals surface area contributed by atoms with Gasteiger partial charge in [0, 0.05) is 12.6 Å². The van der Waals surface area contributed by atoms with Crippen LogP contribution in [0.2, 0.25) is 0 Å². The lowest BCUT2D eigenvalue weighted by molar-refractivity contribution is -0.126. The Morgan fingerprint density at radius 1 is 1.21 bits per heavy atom. The number of fused-ring (bicyclic) bond motifs is 1. The van der Waals surface area contributed by atoms with Crippen LogP contribution >= 0.6 is 0 Å². The molecular formula is C16H22N2O. The molecule has 1 amide bonds. The average molecular weight is 258 g/mol. The highest BCUT2D eigenvalue weighted by Crippen LogP contribution is 2.38. The summed E-state index contributed by atoms with van der Waals surface area (Å²) in [5.74, 6) is 0.261. The molecule has 1 saturated carbocycles. The van der Waals surface area contributed by atoms with Crippen molar-refractivity contribution >= 4 is 17.3 Å². The van der Waals surface area contributed by atoms with Gasteiger partial charge in [-0.25, -0.2) is 0 Å². The van der Waals surface area contributed by atoms with E-state index in [1.165, 1.54) is 12.8 Å². The minimum absolute atomic E-state index is 0.261. The molecule has 3 nitrogen and oxygen atoms in total. The van der Waals surface area contributed by atoms with Gasteiger partial charge in [0.15, 0.2) is 0 Å². The van der Waals surface area contributed by atoms with Crippen molar-refractivity contribution in [2.45, 2.75) is 45.6 Å². The highest BCUT2D eigenvalue weighted by Gasteiger charge is 2.40. The van der Waals surface area contributed by atoms with Gasteiger partial charge in [-0.05, 0) is 38.8 Å². The van der Waals surface area contributed by atoms with Crippen molar-refractivity contribution in [3.8, 4) is 0 Å². The minimum Gasteiger partial charge on any atom is -0.382 e. The van der Waals surface area contributed by atoms with E-state index in [9.17, 15) is 4.79 Å². The molecule has 1 aliphatic carbocycles. The van der Waals surface area contributed by atoms with Gasteiger partial charge in [-0.2, -0.15) is 0 Å². The van der Waals surface area contributed by atoms with Gasteiger partial charge in [0.2, 0.25) is 5.91 Å². The molecule has 0 spiro atoms. The summed E-state index contributed by atoms with van der Waals surface area (Å²) in [4.78, 5) is 15.0. The summed E-state index contributed by atoms with van der Waals surface area (Å²) < 4.78 is 0. The summed E-state index contributed by atoms with van der Waals surface area (Å²) in [5, 5.41) is 3.44. The molecule has 0 unspecified atom stereocenters. The summed E-state index contributed by atoms with van der Waals surface area (Å²) in [6.45, 7) is 4.78. The van der Waals surface area contributed by atoms with Crippen molar-refractivity contribution in [3.63, 3.8) is 0 Å². The lowest BCUT2D eigenvalue weighted by Gasteiger charge is -2.33. The second-order valence-corrected chi connectivity index (χ2v) is 6.37. The van der Waals surface area contributed by atoms with Crippen LogP contribution in [0.3, 0.4) is 0 Å². The van der Waals surface area contributed by atoms with Crippen LogP contribution in [-0.2, 0) is 4.79 Å². The first-order chi connectivity index (χ1) is 9.09. The largest absolute Gasteiger partial charge is 0.382 e. The summed E-state index contributed by atoms with van der Waals surface area (Å²) >= 11 is 0. The zero-order chi connectivity index (χ0) is 13.5. The summed E-state index contributed by atoms with van der Waals surface area (Å²) in [5.41, 5.74) is 1.81. The monoisotopic (exact) mass is 258 g/mol. The first-order valence-electron chi connectivity index (χ1n) is 7.26. The number of hydrogen-bond acceptors (Lipinski definition) is 2. The number of hydrogen-bond donors (Lipinski definition) is 1. The summed E-state index contributed by atoms with van der Waals surface area (Å²) in [7, 11) is 0. The van der Waals surface area contributed by atoms with Crippen molar-refractivity contribution in [2.75, 3.05) is 16.8 Å². The van der Waals surface area contributed by atoms with Gasteiger partial charge in [-0.1, -0.05) is 25.0 Å². The van der Waals surface area contributed by atoms with Crippen molar-refractivity contribution in [1.29, 1.82) is 0 Å². The van der Waals surface area contributed by atoms with Gasteiger partial charge in [-0.15, -0.1) is 0 Å². The zero-order valence-electron chi connectivity index (χ0n) is 11.8. The molecule has 3 heteroatoms. The molecule has 0 aromatic heterocycles. The van der Waals surface area contributed by atoms with E-state index in [0.29, 0.717) is 12.6 Å².